The largest absolute Gasteiger partial charge is 0.447 e. The molecule has 0 saturated carbocycles. The molecule has 226 valence electrons. The van der Waals surface area contributed by atoms with Crippen LogP contribution in [0.3, 0.4) is 0 Å². The van der Waals surface area contributed by atoms with Gasteiger partial charge < -0.3 is 14.1 Å². The van der Waals surface area contributed by atoms with Crippen molar-refractivity contribution >= 4 is 6.09 Å². The Morgan fingerprint density at radius 1 is 1.00 bits per heavy atom. The van der Waals surface area contributed by atoms with E-state index in [1.165, 1.54) is 28.9 Å². The second-order valence-electron chi connectivity index (χ2n) is 11.0. The molecule has 0 spiro atoms. The number of nitrogens with zero attached hydrogens (tertiary/aromatic N) is 6. The van der Waals surface area contributed by atoms with Crippen LogP contribution in [0.1, 0.15) is 38.3 Å². The first-order chi connectivity index (χ1) is 21.2. The summed E-state index contributed by atoms with van der Waals surface area (Å²) >= 11 is 0. The molecule has 3 aromatic heterocycles. The minimum absolute atomic E-state index is 0.132. The van der Waals surface area contributed by atoms with E-state index in [2.05, 4.69) is 15.2 Å². The van der Waals surface area contributed by atoms with E-state index in [1.54, 1.807) is 17.3 Å². The first-order valence-corrected chi connectivity index (χ1v) is 14.3. The molecule has 0 radical (unpaired) electrons. The van der Waals surface area contributed by atoms with Crippen molar-refractivity contribution < 1.29 is 22.7 Å². The predicted molar refractivity (Wildman–Crippen MR) is 158 cm³/mol. The maximum Gasteiger partial charge on any atom is 0.410 e. The zero-order valence-electron chi connectivity index (χ0n) is 24.2. The Morgan fingerprint density at radius 2 is 1.77 bits per heavy atom. The minimum atomic E-state index is -0.726. The molecular formula is C32H30F2N6O4. The molecule has 1 saturated heterocycles. The molecule has 0 bridgehead atoms. The number of oxazole rings is 1. The van der Waals surface area contributed by atoms with Crippen molar-refractivity contribution in [2.24, 2.45) is 0 Å². The van der Waals surface area contributed by atoms with E-state index in [4.69, 9.17) is 9.15 Å². The number of hydrogen-bond acceptors (Lipinski definition) is 7. The molecule has 1 aliphatic heterocycles. The standard InChI is InChI=1S/C32H30F2N6O4/c1-20(2)43-32(42)38-10-8-27(9-11-38)39-19-24(16-36-39)29-17-35-31(44-29)22-5-3-4-21(12-22)18-40-30(41)7-6-28(37-40)23-13-25(33)15-26(34)14-23/h3-7,12-17,19-20,27H,8-11,18H2,1-2H3. The molecule has 6 rings (SSSR count). The third kappa shape index (κ3) is 6.43. The summed E-state index contributed by atoms with van der Waals surface area (Å²) in [7, 11) is 0. The van der Waals surface area contributed by atoms with Crippen molar-refractivity contribution in [1.29, 1.82) is 0 Å². The van der Waals surface area contributed by atoms with Gasteiger partial charge in [-0.25, -0.2) is 23.2 Å². The van der Waals surface area contributed by atoms with Crippen LogP contribution >= 0.6 is 0 Å². The summed E-state index contributed by atoms with van der Waals surface area (Å²) in [6.07, 6.45) is 6.39. The summed E-state index contributed by atoms with van der Waals surface area (Å²) in [6, 6.07) is 13.4. The highest BCUT2D eigenvalue weighted by Crippen LogP contribution is 2.29. The summed E-state index contributed by atoms with van der Waals surface area (Å²) < 4.78 is 42.0. The van der Waals surface area contributed by atoms with Crippen LogP contribution in [0.5, 0.6) is 0 Å². The van der Waals surface area contributed by atoms with Gasteiger partial charge in [0, 0.05) is 42.5 Å². The monoisotopic (exact) mass is 600 g/mol. The van der Waals surface area contributed by atoms with Gasteiger partial charge >= 0.3 is 6.09 Å². The number of halogens is 2. The summed E-state index contributed by atoms with van der Waals surface area (Å²) in [6.45, 7) is 5.01. The van der Waals surface area contributed by atoms with Gasteiger partial charge in [0.2, 0.25) is 5.89 Å². The molecule has 5 aromatic rings. The molecule has 4 heterocycles. The number of likely N-dealkylation sites (tertiary alicyclic amines) is 1. The van der Waals surface area contributed by atoms with E-state index in [1.807, 2.05) is 49.0 Å². The van der Waals surface area contributed by atoms with E-state index in [9.17, 15) is 18.4 Å². The lowest BCUT2D eigenvalue weighted by molar-refractivity contribution is 0.0653. The average Bonchev–Trinajstić information content (AvgIpc) is 3.68. The van der Waals surface area contributed by atoms with Crippen LogP contribution in [0.15, 0.2) is 82.4 Å². The maximum absolute atomic E-state index is 13.7. The van der Waals surface area contributed by atoms with E-state index in [0.29, 0.717) is 30.3 Å². The predicted octanol–water partition coefficient (Wildman–Crippen LogP) is 5.94. The first-order valence-electron chi connectivity index (χ1n) is 14.3. The number of hydrogen-bond donors (Lipinski definition) is 0. The number of rotatable bonds is 7. The molecule has 10 nitrogen and oxygen atoms in total. The Bertz CT molecular complexity index is 1840. The quantitative estimate of drug-likeness (QED) is 0.228. The van der Waals surface area contributed by atoms with Crippen molar-refractivity contribution in [3.63, 3.8) is 0 Å². The number of amides is 1. The van der Waals surface area contributed by atoms with E-state index < -0.39 is 11.6 Å². The highest BCUT2D eigenvalue weighted by Gasteiger charge is 2.26. The smallest absolute Gasteiger partial charge is 0.410 e. The van der Waals surface area contributed by atoms with Crippen LogP contribution < -0.4 is 5.56 Å². The minimum Gasteiger partial charge on any atom is -0.447 e. The van der Waals surface area contributed by atoms with E-state index in [-0.39, 0.29) is 41.6 Å². The summed E-state index contributed by atoms with van der Waals surface area (Å²) in [5.41, 5.74) is 2.40. The van der Waals surface area contributed by atoms with Gasteiger partial charge in [0.15, 0.2) is 5.76 Å². The molecule has 0 N–H and O–H groups in total. The van der Waals surface area contributed by atoms with Crippen molar-refractivity contribution in [3.05, 3.63) is 101 Å². The van der Waals surface area contributed by atoms with Gasteiger partial charge in [-0.1, -0.05) is 12.1 Å². The molecular weight excluding hydrogens is 570 g/mol. The molecule has 0 atom stereocenters. The molecule has 12 heteroatoms. The number of aromatic nitrogens is 5. The molecule has 1 aliphatic rings. The van der Waals surface area contributed by atoms with Crippen molar-refractivity contribution in [3.8, 4) is 34.0 Å². The van der Waals surface area contributed by atoms with E-state index in [0.717, 1.165) is 30.0 Å². The summed E-state index contributed by atoms with van der Waals surface area (Å²) in [5, 5.41) is 8.87. The van der Waals surface area contributed by atoms with Gasteiger partial charge in [0.1, 0.15) is 11.6 Å². The van der Waals surface area contributed by atoms with Gasteiger partial charge in [-0.05, 0) is 62.6 Å². The molecule has 1 amide bonds. The lowest BCUT2D eigenvalue weighted by atomic mass is 10.1. The van der Waals surface area contributed by atoms with Crippen LogP contribution in [0, 0.1) is 11.6 Å². The third-order valence-corrected chi connectivity index (χ3v) is 7.36. The zero-order valence-corrected chi connectivity index (χ0v) is 24.2. The number of carbonyl (C=O) groups excluding carboxylic acids is 1. The Kier molecular flexibility index (Phi) is 8.05. The van der Waals surface area contributed by atoms with Crippen LogP contribution in [0.2, 0.25) is 0 Å². The highest BCUT2D eigenvalue weighted by atomic mass is 19.1. The van der Waals surface area contributed by atoms with Gasteiger partial charge in [-0.3, -0.25) is 9.48 Å². The number of piperidine rings is 1. The summed E-state index contributed by atoms with van der Waals surface area (Å²) in [5.74, 6) is -0.495. The van der Waals surface area contributed by atoms with Crippen molar-refractivity contribution in [2.45, 2.75) is 45.4 Å². The second-order valence-corrected chi connectivity index (χ2v) is 11.0. The second kappa shape index (κ2) is 12.2. The molecule has 2 aromatic carbocycles. The Balaban J connectivity index is 1.14. The highest BCUT2D eigenvalue weighted by molar-refractivity contribution is 5.68. The normalized spacial score (nSPS) is 13.9. The van der Waals surface area contributed by atoms with Crippen molar-refractivity contribution in [1.82, 2.24) is 29.4 Å². The number of ether oxygens (including phenoxy) is 1. The average molecular weight is 601 g/mol. The van der Waals surface area contributed by atoms with E-state index >= 15 is 0 Å². The maximum atomic E-state index is 13.7. The zero-order chi connectivity index (χ0) is 30.8. The third-order valence-electron chi connectivity index (χ3n) is 7.36. The Labute approximate surface area is 251 Å². The Morgan fingerprint density at radius 3 is 2.52 bits per heavy atom. The topological polar surface area (TPSA) is 108 Å². The fraction of sp³-hybridized carbons (Fsp3) is 0.281. The number of benzene rings is 2. The van der Waals surface area contributed by atoms with Gasteiger partial charge in [0.05, 0.1) is 42.3 Å². The van der Waals surface area contributed by atoms with Gasteiger partial charge in [-0.15, -0.1) is 0 Å². The van der Waals surface area contributed by atoms with Crippen LogP contribution in [-0.2, 0) is 11.3 Å². The lowest BCUT2D eigenvalue weighted by Gasteiger charge is -2.31. The first kappa shape index (κ1) is 29.0. The Hall–Kier alpha value is -5.13. The fourth-order valence-corrected chi connectivity index (χ4v) is 5.19. The van der Waals surface area contributed by atoms with Crippen LogP contribution in [0.25, 0.3) is 34.0 Å². The SMILES string of the molecule is CC(C)OC(=O)N1CCC(n2cc(-c3cnc(-c4cccc(Cn5nc(-c6cc(F)cc(F)c6)ccc5=O)c4)o3)cn2)CC1. The molecule has 0 unspecified atom stereocenters. The lowest BCUT2D eigenvalue weighted by Crippen LogP contribution is -2.40. The molecule has 44 heavy (non-hydrogen) atoms. The molecule has 0 aliphatic carbocycles. The summed E-state index contributed by atoms with van der Waals surface area (Å²) in [4.78, 5) is 30.9. The number of carbonyl (C=O) groups is 1. The molecule has 1 fully saturated rings. The fourth-order valence-electron chi connectivity index (χ4n) is 5.19. The van der Waals surface area contributed by atoms with Crippen molar-refractivity contribution in [2.75, 3.05) is 13.1 Å². The van der Waals surface area contributed by atoms with Crippen LogP contribution in [0.4, 0.5) is 13.6 Å². The van der Waals surface area contributed by atoms with Gasteiger partial charge in [-0.2, -0.15) is 10.2 Å². The van der Waals surface area contributed by atoms with Gasteiger partial charge in [0.25, 0.3) is 5.56 Å². The van der Waals surface area contributed by atoms with Crippen LogP contribution in [-0.4, -0.2) is 54.7 Å².